The Morgan fingerprint density at radius 3 is 2.57 bits per heavy atom. The van der Waals surface area contributed by atoms with Crippen LogP contribution in [0.2, 0.25) is 0 Å². The second-order valence-corrected chi connectivity index (χ2v) is 9.72. The predicted molar refractivity (Wildman–Crippen MR) is 139 cm³/mol. The second kappa shape index (κ2) is 10.3. The highest BCUT2D eigenvalue weighted by atomic mass is 32.2. The van der Waals surface area contributed by atoms with Crippen LogP contribution in [0.4, 0.5) is 11.4 Å². The van der Waals surface area contributed by atoms with Gasteiger partial charge in [-0.15, -0.1) is 0 Å². The van der Waals surface area contributed by atoms with Gasteiger partial charge in [0.1, 0.15) is 5.25 Å². The van der Waals surface area contributed by atoms with Gasteiger partial charge in [-0.2, -0.15) is 4.99 Å². The van der Waals surface area contributed by atoms with Crippen LogP contribution < -0.4 is 10.6 Å². The summed E-state index contributed by atoms with van der Waals surface area (Å²) in [5.74, 6) is -0.762. The van der Waals surface area contributed by atoms with E-state index in [-0.39, 0.29) is 24.1 Å². The Kier molecular flexibility index (Phi) is 6.76. The number of aliphatic imine (C=N–C) groups is 1. The zero-order chi connectivity index (χ0) is 24.2. The van der Waals surface area contributed by atoms with Crippen LogP contribution >= 0.6 is 11.8 Å². The van der Waals surface area contributed by atoms with E-state index in [9.17, 15) is 14.4 Å². The molecule has 2 aliphatic rings. The maximum Gasteiger partial charge on any atom is 0.262 e. The first-order valence-corrected chi connectivity index (χ1v) is 12.5. The number of carbonyl (C=O) groups is 3. The zero-order valence-electron chi connectivity index (χ0n) is 19.1. The molecule has 1 saturated heterocycles. The number of nitrogens with one attached hydrogen (secondary N) is 2. The van der Waals surface area contributed by atoms with E-state index in [1.165, 1.54) is 18.2 Å². The molecule has 178 valence electrons. The lowest BCUT2D eigenvalue weighted by molar-refractivity contribution is -0.121. The van der Waals surface area contributed by atoms with E-state index in [4.69, 9.17) is 0 Å². The smallest absolute Gasteiger partial charge is 0.262 e. The van der Waals surface area contributed by atoms with Crippen molar-refractivity contribution in [3.8, 4) is 0 Å². The van der Waals surface area contributed by atoms with Crippen molar-refractivity contribution < 1.29 is 14.4 Å². The lowest BCUT2D eigenvalue weighted by Gasteiger charge is -2.27. The molecule has 1 unspecified atom stereocenters. The fourth-order valence-corrected chi connectivity index (χ4v) is 5.34. The van der Waals surface area contributed by atoms with Crippen molar-refractivity contribution in [1.82, 2.24) is 9.88 Å². The standard InChI is InChI=1S/C26H25N5O3S/c32-23(16-22-25(34)30-26(35-22)31-14-2-1-3-15-31)28-18-11-9-17(10-12-18)24(33)29-21-8-4-7-20-19(21)6-5-13-27-20/h4-13,22H,1-3,14-16H2,(H,28,32)(H,29,33). The highest BCUT2D eigenvalue weighted by Gasteiger charge is 2.33. The lowest BCUT2D eigenvalue weighted by Crippen LogP contribution is -2.33. The number of pyridine rings is 1. The van der Waals surface area contributed by atoms with E-state index in [0.717, 1.165) is 42.0 Å². The SMILES string of the molecule is O=C(CC1SC(N2CCCCC2)=NC1=O)Nc1ccc(C(=O)Nc2cccc3ncccc23)cc1. The molecule has 1 aromatic heterocycles. The van der Waals surface area contributed by atoms with Gasteiger partial charge in [0.15, 0.2) is 5.17 Å². The number of aromatic nitrogens is 1. The van der Waals surface area contributed by atoms with Gasteiger partial charge in [0.2, 0.25) is 5.91 Å². The van der Waals surface area contributed by atoms with Crippen molar-refractivity contribution in [3.63, 3.8) is 0 Å². The van der Waals surface area contributed by atoms with Crippen LogP contribution in [0.1, 0.15) is 36.0 Å². The molecule has 3 heterocycles. The van der Waals surface area contributed by atoms with E-state index in [0.29, 0.717) is 16.9 Å². The Labute approximate surface area is 207 Å². The summed E-state index contributed by atoms with van der Waals surface area (Å²) in [4.78, 5) is 48.2. The average Bonchev–Trinajstić information content (AvgIpc) is 3.25. The molecule has 0 radical (unpaired) electrons. The predicted octanol–water partition coefficient (Wildman–Crippen LogP) is 4.30. The maximum atomic E-state index is 12.7. The molecule has 2 aliphatic heterocycles. The van der Waals surface area contributed by atoms with Gasteiger partial charge in [0.05, 0.1) is 11.2 Å². The number of piperidine rings is 1. The van der Waals surface area contributed by atoms with Crippen LogP contribution in [0.15, 0.2) is 65.8 Å². The van der Waals surface area contributed by atoms with Crippen LogP contribution in [-0.4, -0.2) is 51.1 Å². The fourth-order valence-electron chi connectivity index (χ4n) is 4.22. The van der Waals surface area contributed by atoms with Crippen LogP contribution in [0.3, 0.4) is 0 Å². The quantitative estimate of drug-likeness (QED) is 0.556. The van der Waals surface area contributed by atoms with Gasteiger partial charge in [0.25, 0.3) is 11.8 Å². The fraction of sp³-hybridized carbons (Fsp3) is 0.269. The number of nitrogens with zero attached hydrogens (tertiary/aromatic N) is 3. The van der Waals surface area contributed by atoms with Gasteiger partial charge in [-0.25, -0.2) is 0 Å². The molecule has 3 aromatic rings. The number of anilines is 2. The van der Waals surface area contributed by atoms with Crippen molar-refractivity contribution >= 4 is 56.9 Å². The Hall–Kier alpha value is -3.72. The van der Waals surface area contributed by atoms with Crippen molar-refractivity contribution in [2.45, 2.75) is 30.9 Å². The first-order valence-electron chi connectivity index (χ1n) is 11.7. The van der Waals surface area contributed by atoms with E-state index in [1.807, 2.05) is 30.3 Å². The van der Waals surface area contributed by atoms with E-state index < -0.39 is 5.25 Å². The van der Waals surface area contributed by atoms with Crippen LogP contribution in [-0.2, 0) is 9.59 Å². The highest BCUT2D eigenvalue weighted by Crippen LogP contribution is 2.29. The number of rotatable bonds is 5. The van der Waals surface area contributed by atoms with Crippen LogP contribution in [0.25, 0.3) is 10.9 Å². The van der Waals surface area contributed by atoms with Crippen molar-refractivity contribution in [1.29, 1.82) is 0 Å². The Bertz CT molecular complexity index is 1300. The summed E-state index contributed by atoms with van der Waals surface area (Å²) >= 11 is 1.38. The first-order chi connectivity index (χ1) is 17.1. The summed E-state index contributed by atoms with van der Waals surface area (Å²) in [6.07, 6.45) is 5.18. The van der Waals surface area contributed by atoms with Crippen molar-refractivity contribution in [2.75, 3.05) is 23.7 Å². The summed E-state index contributed by atoms with van der Waals surface area (Å²) in [6.45, 7) is 1.82. The summed E-state index contributed by atoms with van der Waals surface area (Å²) in [5.41, 5.74) is 2.51. The minimum atomic E-state index is -0.493. The van der Waals surface area contributed by atoms with Crippen molar-refractivity contribution in [3.05, 3.63) is 66.4 Å². The average molecular weight is 488 g/mol. The summed E-state index contributed by atoms with van der Waals surface area (Å²) in [7, 11) is 0. The third-order valence-electron chi connectivity index (χ3n) is 6.05. The molecule has 0 saturated carbocycles. The first kappa shape index (κ1) is 23.0. The molecule has 0 aliphatic carbocycles. The van der Waals surface area contributed by atoms with Crippen LogP contribution in [0.5, 0.6) is 0 Å². The van der Waals surface area contributed by atoms with Gasteiger partial charge < -0.3 is 15.5 Å². The van der Waals surface area contributed by atoms with Gasteiger partial charge in [0, 0.05) is 42.3 Å². The number of fused-ring (bicyclic) bond motifs is 1. The molecular formula is C26H25N5O3S. The number of likely N-dealkylation sites (tertiary alicyclic amines) is 1. The minimum absolute atomic E-state index is 0.0572. The molecule has 1 fully saturated rings. The molecule has 35 heavy (non-hydrogen) atoms. The van der Waals surface area contributed by atoms with Gasteiger partial charge >= 0.3 is 0 Å². The van der Waals surface area contributed by atoms with Gasteiger partial charge in [-0.05, 0) is 67.8 Å². The molecule has 8 nitrogen and oxygen atoms in total. The molecule has 1 atom stereocenters. The molecule has 3 amide bonds. The molecule has 0 bridgehead atoms. The Morgan fingerprint density at radius 2 is 1.77 bits per heavy atom. The highest BCUT2D eigenvalue weighted by molar-refractivity contribution is 8.15. The number of benzene rings is 2. The molecular weight excluding hydrogens is 462 g/mol. The van der Waals surface area contributed by atoms with Crippen LogP contribution in [0, 0.1) is 0 Å². The summed E-state index contributed by atoms with van der Waals surface area (Å²) in [5, 5.41) is 6.84. The third-order valence-corrected chi connectivity index (χ3v) is 7.26. The normalized spacial score (nSPS) is 17.8. The Balaban J connectivity index is 1.16. The molecule has 5 rings (SSSR count). The summed E-state index contributed by atoms with van der Waals surface area (Å²) < 4.78 is 0. The number of hydrogen-bond acceptors (Lipinski definition) is 6. The van der Waals surface area contributed by atoms with Gasteiger partial charge in [-0.3, -0.25) is 19.4 Å². The molecule has 2 N–H and O–H groups in total. The number of amides is 3. The largest absolute Gasteiger partial charge is 0.351 e. The molecule has 2 aromatic carbocycles. The second-order valence-electron chi connectivity index (χ2n) is 8.55. The summed E-state index contributed by atoms with van der Waals surface area (Å²) in [6, 6.07) is 16.0. The monoisotopic (exact) mass is 487 g/mol. The number of thioether (sulfide) groups is 1. The topological polar surface area (TPSA) is 104 Å². The zero-order valence-corrected chi connectivity index (χ0v) is 19.9. The molecule has 9 heteroatoms. The number of carbonyl (C=O) groups excluding carboxylic acids is 3. The van der Waals surface area contributed by atoms with E-state index in [2.05, 4.69) is 25.5 Å². The van der Waals surface area contributed by atoms with E-state index in [1.54, 1.807) is 30.5 Å². The maximum absolute atomic E-state index is 12.7. The molecule has 0 spiro atoms. The Morgan fingerprint density at radius 1 is 0.971 bits per heavy atom. The number of amidine groups is 1. The van der Waals surface area contributed by atoms with Crippen molar-refractivity contribution in [2.24, 2.45) is 4.99 Å². The number of hydrogen-bond donors (Lipinski definition) is 2. The van der Waals surface area contributed by atoms with Gasteiger partial charge in [-0.1, -0.05) is 17.8 Å². The third kappa shape index (κ3) is 5.35. The minimum Gasteiger partial charge on any atom is -0.351 e. The lowest BCUT2D eigenvalue weighted by atomic mass is 10.1. The van der Waals surface area contributed by atoms with E-state index >= 15 is 0 Å².